The van der Waals surface area contributed by atoms with Crippen LogP contribution in [-0.2, 0) is 11.3 Å². The van der Waals surface area contributed by atoms with Crippen LogP contribution >= 0.6 is 0 Å². The molecule has 112 valence electrons. The van der Waals surface area contributed by atoms with E-state index in [2.05, 4.69) is 14.5 Å². The Hall–Kier alpha value is -1.97. The molecular weight excluding hydrogens is 291 g/mol. The van der Waals surface area contributed by atoms with Gasteiger partial charge in [-0.15, -0.1) is 13.2 Å². The van der Waals surface area contributed by atoms with E-state index in [1.165, 1.54) is 0 Å². The van der Waals surface area contributed by atoms with Crippen LogP contribution in [0.5, 0.6) is 5.88 Å². The Balaban J connectivity index is 3.42. The van der Waals surface area contributed by atoms with Crippen molar-refractivity contribution in [3.8, 4) is 5.88 Å². The van der Waals surface area contributed by atoms with Gasteiger partial charge < -0.3 is 15.2 Å². The molecule has 1 aromatic heterocycles. The van der Waals surface area contributed by atoms with Gasteiger partial charge in [0.05, 0.1) is 18.4 Å². The maximum Gasteiger partial charge on any atom is 0.574 e. The van der Waals surface area contributed by atoms with E-state index < -0.39 is 48.0 Å². The van der Waals surface area contributed by atoms with Gasteiger partial charge in [0, 0.05) is 18.2 Å². The zero-order valence-corrected chi connectivity index (χ0v) is 10.0. The standard InChI is InChI=1S/C10H9F5N2O3/c1-19-9(18)7-4(8(11)12)2-6(17-5(7)3-16)20-10(13,14)15/h2,8H,3,16H2,1H3. The SMILES string of the molecule is COC(=O)c1c(C(F)F)cc(OC(F)(F)F)nc1CN. The predicted octanol–water partition coefficient (Wildman–Crippen LogP) is 2.16. The summed E-state index contributed by atoms with van der Waals surface area (Å²) in [6, 6.07) is 0.323. The lowest BCUT2D eigenvalue weighted by atomic mass is 10.1. The van der Waals surface area contributed by atoms with Gasteiger partial charge in [-0.3, -0.25) is 0 Å². The van der Waals surface area contributed by atoms with Crippen molar-refractivity contribution in [3.05, 3.63) is 22.9 Å². The molecule has 2 N–H and O–H groups in total. The largest absolute Gasteiger partial charge is 0.574 e. The first-order valence-corrected chi connectivity index (χ1v) is 5.05. The van der Waals surface area contributed by atoms with Gasteiger partial charge in [-0.25, -0.2) is 18.6 Å². The molecule has 0 amide bonds. The highest BCUT2D eigenvalue weighted by Gasteiger charge is 2.34. The molecular formula is C10H9F5N2O3. The van der Waals surface area contributed by atoms with Gasteiger partial charge in [0.2, 0.25) is 5.88 Å². The number of rotatable bonds is 4. The van der Waals surface area contributed by atoms with Crippen LogP contribution in [-0.4, -0.2) is 24.4 Å². The summed E-state index contributed by atoms with van der Waals surface area (Å²) in [5.41, 5.74) is 3.05. The molecule has 0 unspecified atom stereocenters. The molecule has 1 aromatic rings. The van der Waals surface area contributed by atoms with Crippen molar-refractivity contribution in [1.29, 1.82) is 0 Å². The van der Waals surface area contributed by atoms with Crippen LogP contribution in [0.4, 0.5) is 22.0 Å². The number of carbonyl (C=O) groups excluding carboxylic acids is 1. The molecule has 0 fully saturated rings. The van der Waals surface area contributed by atoms with Crippen molar-refractivity contribution in [1.82, 2.24) is 4.98 Å². The Morgan fingerprint density at radius 3 is 2.45 bits per heavy atom. The number of nitrogens with zero attached hydrogens (tertiary/aromatic N) is 1. The van der Waals surface area contributed by atoms with E-state index in [0.29, 0.717) is 6.07 Å². The first-order valence-electron chi connectivity index (χ1n) is 5.05. The van der Waals surface area contributed by atoms with E-state index in [1.807, 2.05) is 0 Å². The van der Waals surface area contributed by atoms with Gasteiger partial charge in [-0.1, -0.05) is 0 Å². The number of aromatic nitrogens is 1. The fourth-order valence-electron chi connectivity index (χ4n) is 1.42. The average molecular weight is 300 g/mol. The molecule has 0 spiro atoms. The number of methoxy groups -OCH3 is 1. The minimum Gasteiger partial charge on any atom is -0.465 e. The van der Waals surface area contributed by atoms with Gasteiger partial charge in [-0.05, 0) is 0 Å². The maximum atomic E-state index is 12.8. The van der Waals surface area contributed by atoms with Crippen molar-refractivity contribution in [2.24, 2.45) is 5.73 Å². The molecule has 0 aliphatic rings. The monoisotopic (exact) mass is 300 g/mol. The van der Waals surface area contributed by atoms with Crippen LogP contribution < -0.4 is 10.5 Å². The van der Waals surface area contributed by atoms with Gasteiger partial charge in [0.1, 0.15) is 0 Å². The van der Waals surface area contributed by atoms with Crippen molar-refractivity contribution < 1.29 is 36.2 Å². The third-order valence-electron chi connectivity index (χ3n) is 2.14. The molecule has 0 saturated carbocycles. The molecule has 0 aromatic carbocycles. The highest BCUT2D eigenvalue weighted by atomic mass is 19.4. The Bertz CT molecular complexity index is 504. The quantitative estimate of drug-likeness (QED) is 0.681. The highest BCUT2D eigenvalue weighted by Crippen LogP contribution is 2.31. The third-order valence-corrected chi connectivity index (χ3v) is 2.14. The summed E-state index contributed by atoms with van der Waals surface area (Å²) in [6.07, 6.45) is -8.33. The van der Waals surface area contributed by atoms with Crippen LogP contribution in [0.15, 0.2) is 6.07 Å². The molecule has 0 bridgehead atoms. The fourth-order valence-corrected chi connectivity index (χ4v) is 1.42. The van der Waals surface area contributed by atoms with Crippen molar-refractivity contribution in [2.75, 3.05) is 7.11 Å². The number of ether oxygens (including phenoxy) is 2. The summed E-state index contributed by atoms with van der Waals surface area (Å²) >= 11 is 0. The number of alkyl halides is 5. The van der Waals surface area contributed by atoms with Crippen molar-refractivity contribution in [3.63, 3.8) is 0 Å². The van der Waals surface area contributed by atoms with Crippen LogP contribution in [0.2, 0.25) is 0 Å². The molecule has 1 rings (SSSR count). The van der Waals surface area contributed by atoms with E-state index in [0.717, 1.165) is 7.11 Å². The van der Waals surface area contributed by atoms with Crippen LogP contribution in [0.1, 0.15) is 28.0 Å². The molecule has 0 aliphatic heterocycles. The van der Waals surface area contributed by atoms with E-state index in [4.69, 9.17) is 5.73 Å². The number of hydrogen-bond donors (Lipinski definition) is 1. The zero-order chi connectivity index (χ0) is 15.5. The van der Waals surface area contributed by atoms with E-state index in [1.54, 1.807) is 0 Å². The summed E-state index contributed by atoms with van der Waals surface area (Å²) in [4.78, 5) is 14.7. The zero-order valence-electron chi connectivity index (χ0n) is 10.0. The van der Waals surface area contributed by atoms with E-state index in [-0.39, 0.29) is 0 Å². The minimum absolute atomic E-state index is 0.323. The molecule has 0 atom stereocenters. The number of esters is 1. The average Bonchev–Trinajstić information content (AvgIpc) is 2.34. The third kappa shape index (κ3) is 3.76. The second-order valence-corrected chi connectivity index (χ2v) is 3.42. The van der Waals surface area contributed by atoms with Gasteiger partial charge in [0.15, 0.2) is 0 Å². The van der Waals surface area contributed by atoms with Gasteiger partial charge in [-0.2, -0.15) is 0 Å². The lowest BCUT2D eigenvalue weighted by molar-refractivity contribution is -0.276. The summed E-state index contributed by atoms with van der Waals surface area (Å²) in [6.45, 7) is -0.542. The summed E-state index contributed by atoms with van der Waals surface area (Å²) in [5, 5.41) is 0. The van der Waals surface area contributed by atoms with E-state index >= 15 is 0 Å². The second kappa shape index (κ2) is 5.99. The Labute approximate surface area is 109 Å². The van der Waals surface area contributed by atoms with E-state index in [9.17, 15) is 26.7 Å². The van der Waals surface area contributed by atoms with Gasteiger partial charge in [0.25, 0.3) is 6.43 Å². The number of pyridine rings is 1. The molecule has 1 heterocycles. The molecule has 10 heteroatoms. The Kier molecular flexibility index (Phi) is 4.82. The number of halogens is 5. The molecule has 0 saturated heterocycles. The van der Waals surface area contributed by atoms with Crippen LogP contribution in [0.3, 0.4) is 0 Å². The van der Waals surface area contributed by atoms with Crippen molar-refractivity contribution in [2.45, 2.75) is 19.3 Å². The summed E-state index contributed by atoms with van der Waals surface area (Å²) < 4.78 is 69.6. The normalized spacial score (nSPS) is 11.6. The summed E-state index contributed by atoms with van der Waals surface area (Å²) in [5.74, 6) is -2.30. The highest BCUT2D eigenvalue weighted by molar-refractivity contribution is 5.92. The smallest absolute Gasteiger partial charge is 0.465 e. The molecule has 5 nitrogen and oxygen atoms in total. The molecule has 0 radical (unpaired) electrons. The first-order chi connectivity index (χ1) is 9.19. The van der Waals surface area contributed by atoms with Crippen molar-refractivity contribution >= 4 is 5.97 Å². The lowest BCUT2D eigenvalue weighted by Gasteiger charge is -2.14. The maximum absolute atomic E-state index is 12.8. The van der Waals surface area contributed by atoms with Crippen LogP contribution in [0, 0.1) is 0 Å². The number of carbonyl (C=O) groups is 1. The first kappa shape index (κ1) is 16.1. The summed E-state index contributed by atoms with van der Waals surface area (Å²) in [7, 11) is 0.929. The fraction of sp³-hybridized carbons (Fsp3) is 0.400. The number of hydrogen-bond acceptors (Lipinski definition) is 5. The molecule has 0 aliphatic carbocycles. The molecule has 20 heavy (non-hydrogen) atoms. The lowest BCUT2D eigenvalue weighted by Crippen LogP contribution is -2.21. The number of nitrogens with two attached hydrogens (primary N) is 1. The predicted molar refractivity (Wildman–Crippen MR) is 55.1 cm³/mol. The Morgan fingerprint density at radius 1 is 1.45 bits per heavy atom. The van der Waals surface area contributed by atoms with Crippen LogP contribution in [0.25, 0.3) is 0 Å². The second-order valence-electron chi connectivity index (χ2n) is 3.42. The minimum atomic E-state index is -5.11. The Morgan fingerprint density at radius 2 is 2.05 bits per heavy atom. The van der Waals surface area contributed by atoms with Gasteiger partial charge >= 0.3 is 12.3 Å². The topological polar surface area (TPSA) is 74.4 Å².